The first-order chi connectivity index (χ1) is 14.3. The SMILES string of the molecule is O=C(c1ccco1)N1CCN(C(=NCC2CCCO2)NCCc2ccco2)CC1. The van der Waals surface area contributed by atoms with E-state index in [0.29, 0.717) is 25.4 Å². The number of amides is 1. The molecule has 0 radical (unpaired) electrons. The van der Waals surface area contributed by atoms with Gasteiger partial charge in [0.2, 0.25) is 0 Å². The summed E-state index contributed by atoms with van der Waals surface area (Å²) >= 11 is 0. The lowest BCUT2D eigenvalue weighted by Crippen LogP contribution is -2.54. The highest BCUT2D eigenvalue weighted by Gasteiger charge is 2.25. The average Bonchev–Trinajstić information content (AvgIpc) is 3.53. The third kappa shape index (κ3) is 5.20. The highest BCUT2D eigenvalue weighted by atomic mass is 16.5. The van der Waals surface area contributed by atoms with Crippen LogP contribution >= 0.6 is 0 Å². The normalized spacial score (nSPS) is 20.3. The van der Waals surface area contributed by atoms with Crippen LogP contribution in [-0.4, -0.2) is 73.6 Å². The number of nitrogens with zero attached hydrogens (tertiary/aromatic N) is 3. The Hall–Kier alpha value is -2.74. The zero-order valence-corrected chi connectivity index (χ0v) is 16.6. The number of rotatable bonds is 6. The molecular formula is C21H28N4O4. The first-order valence-corrected chi connectivity index (χ1v) is 10.3. The molecule has 0 spiro atoms. The van der Waals surface area contributed by atoms with E-state index in [1.54, 1.807) is 18.4 Å². The number of ether oxygens (including phenoxy) is 1. The Morgan fingerprint density at radius 2 is 1.90 bits per heavy atom. The van der Waals surface area contributed by atoms with E-state index >= 15 is 0 Å². The molecule has 0 bridgehead atoms. The predicted molar refractivity (Wildman–Crippen MR) is 108 cm³/mol. The first-order valence-electron chi connectivity index (χ1n) is 10.3. The Kier molecular flexibility index (Phi) is 6.51. The van der Waals surface area contributed by atoms with Gasteiger partial charge in [-0.3, -0.25) is 9.79 Å². The zero-order chi connectivity index (χ0) is 19.9. The maximum Gasteiger partial charge on any atom is 0.289 e. The van der Waals surface area contributed by atoms with Crippen LogP contribution in [0.4, 0.5) is 0 Å². The van der Waals surface area contributed by atoms with Crippen molar-refractivity contribution in [3.63, 3.8) is 0 Å². The standard InChI is InChI=1S/C21H28N4O4/c26-20(19-6-3-15-29-19)24-9-11-25(12-10-24)21(23-16-18-5-2-14-28-18)22-8-7-17-4-1-13-27-17/h1,3-4,6,13,15,18H,2,5,7-12,14,16H2,(H,22,23). The molecule has 0 saturated carbocycles. The van der Waals surface area contributed by atoms with E-state index < -0.39 is 0 Å². The molecule has 29 heavy (non-hydrogen) atoms. The average molecular weight is 400 g/mol. The number of piperazine rings is 1. The highest BCUT2D eigenvalue weighted by molar-refractivity contribution is 5.91. The van der Waals surface area contributed by atoms with Gasteiger partial charge < -0.3 is 28.7 Å². The van der Waals surface area contributed by atoms with Crippen LogP contribution in [0.15, 0.2) is 50.6 Å². The Balaban J connectivity index is 1.33. The van der Waals surface area contributed by atoms with Gasteiger partial charge in [0.05, 0.1) is 25.2 Å². The number of guanidine groups is 1. The van der Waals surface area contributed by atoms with Crippen molar-refractivity contribution in [1.29, 1.82) is 0 Å². The van der Waals surface area contributed by atoms with Gasteiger partial charge in [-0.15, -0.1) is 0 Å². The van der Waals surface area contributed by atoms with Crippen LogP contribution in [0.2, 0.25) is 0 Å². The van der Waals surface area contributed by atoms with E-state index in [2.05, 4.69) is 10.2 Å². The summed E-state index contributed by atoms with van der Waals surface area (Å²) in [7, 11) is 0. The molecule has 4 heterocycles. The zero-order valence-electron chi connectivity index (χ0n) is 16.6. The molecule has 8 heteroatoms. The lowest BCUT2D eigenvalue weighted by Gasteiger charge is -2.36. The van der Waals surface area contributed by atoms with Crippen molar-refractivity contribution in [3.8, 4) is 0 Å². The number of carbonyl (C=O) groups is 1. The molecule has 1 amide bonds. The largest absolute Gasteiger partial charge is 0.469 e. The van der Waals surface area contributed by atoms with Crippen LogP contribution in [0, 0.1) is 0 Å². The number of furan rings is 2. The first kappa shape index (κ1) is 19.6. The molecular weight excluding hydrogens is 372 g/mol. The van der Waals surface area contributed by atoms with Gasteiger partial charge in [0, 0.05) is 45.8 Å². The molecule has 4 rings (SSSR count). The third-order valence-corrected chi connectivity index (χ3v) is 5.30. The maximum atomic E-state index is 12.5. The molecule has 0 aromatic carbocycles. The van der Waals surface area contributed by atoms with Crippen LogP contribution in [0.3, 0.4) is 0 Å². The maximum absolute atomic E-state index is 12.5. The summed E-state index contributed by atoms with van der Waals surface area (Å²) in [5, 5.41) is 3.46. The second-order valence-electron chi connectivity index (χ2n) is 7.31. The number of hydrogen-bond acceptors (Lipinski definition) is 5. The molecule has 1 atom stereocenters. The summed E-state index contributed by atoms with van der Waals surface area (Å²) in [5.41, 5.74) is 0. The molecule has 2 fully saturated rings. The fourth-order valence-electron chi connectivity index (χ4n) is 3.67. The van der Waals surface area contributed by atoms with Crippen LogP contribution in [0.5, 0.6) is 0 Å². The molecule has 2 aliphatic rings. The van der Waals surface area contributed by atoms with Gasteiger partial charge in [0.15, 0.2) is 11.7 Å². The Labute approximate surface area is 170 Å². The minimum atomic E-state index is -0.0572. The van der Waals surface area contributed by atoms with E-state index in [4.69, 9.17) is 18.6 Å². The van der Waals surface area contributed by atoms with Crippen molar-refractivity contribution < 1.29 is 18.4 Å². The second kappa shape index (κ2) is 9.65. The van der Waals surface area contributed by atoms with Crippen LogP contribution < -0.4 is 5.32 Å². The van der Waals surface area contributed by atoms with Gasteiger partial charge in [-0.25, -0.2) is 0 Å². The lowest BCUT2D eigenvalue weighted by molar-refractivity contribution is 0.0657. The van der Waals surface area contributed by atoms with E-state index in [0.717, 1.165) is 57.2 Å². The summed E-state index contributed by atoms with van der Waals surface area (Å²) < 4.78 is 16.4. The van der Waals surface area contributed by atoms with Crippen LogP contribution in [0.1, 0.15) is 29.2 Å². The summed E-state index contributed by atoms with van der Waals surface area (Å²) in [4.78, 5) is 21.3. The molecule has 1 N–H and O–H groups in total. The lowest BCUT2D eigenvalue weighted by atomic mass is 10.2. The summed E-state index contributed by atoms with van der Waals surface area (Å²) in [6, 6.07) is 7.32. The van der Waals surface area contributed by atoms with Crippen molar-refractivity contribution >= 4 is 11.9 Å². The minimum Gasteiger partial charge on any atom is -0.469 e. The van der Waals surface area contributed by atoms with E-state index in [9.17, 15) is 4.79 Å². The molecule has 1 unspecified atom stereocenters. The van der Waals surface area contributed by atoms with Crippen LogP contribution in [-0.2, 0) is 11.2 Å². The number of hydrogen-bond donors (Lipinski definition) is 1. The highest BCUT2D eigenvalue weighted by Crippen LogP contribution is 2.13. The molecule has 2 aliphatic heterocycles. The quantitative estimate of drug-likeness (QED) is 0.590. The summed E-state index contributed by atoms with van der Waals surface area (Å²) in [6.45, 7) is 4.96. The van der Waals surface area contributed by atoms with E-state index in [-0.39, 0.29) is 12.0 Å². The topological polar surface area (TPSA) is 83.5 Å². The Morgan fingerprint density at radius 1 is 1.10 bits per heavy atom. The molecule has 156 valence electrons. The minimum absolute atomic E-state index is 0.0572. The predicted octanol–water partition coefficient (Wildman–Crippen LogP) is 2.00. The van der Waals surface area contributed by atoms with Crippen molar-refractivity contribution in [2.45, 2.75) is 25.4 Å². The van der Waals surface area contributed by atoms with Gasteiger partial charge in [-0.1, -0.05) is 0 Å². The van der Waals surface area contributed by atoms with Crippen molar-refractivity contribution in [1.82, 2.24) is 15.1 Å². The van der Waals surface area contributed by atoms with Gasteiger partial charge in [0.25, 0.3) is 5.91 Å². The number of nitrogens with one attached hydrogen (secondary N) is 1. The Morgan fingerprint density at radius 3 is 2.59 bits per heavy atom. The van der Waals surface area contributed by atoms with Gasteiger partial charge in [-0.2, -0.15) is 0 Å². The Bertz CT molecular complexity index is 774. The number of carbonyl (C=O) groups excluding carboxylic acids is 1. The molecule has 2 saturated heterocycles. The summed E-state index contributed by atoms with van der Waals surface area (Å²) in [6.07, 6.45) is 6.39. The van der Waals surface area contributed by atoms with Gasteiger partial charge in [-0.05, 0) is 37.1 Å². The van der Waals surface area contributed by atoms with Crippen LogP contribution in [0.25, 0.3) is 0 Å². The summed E-state index contributed by atoms with van der Waals surface area (Å²) in [5.74, 6) is 2.16. The molecule has 2 aromatic rings. The van der Waals surface area contributed by atoms with Crippen molar-refractivity contribution in [2.24, 2.45) is 4.99 Å². The second-order valence-corrected chi connectivity index (χ2v) is 7.31. The van der Waals surface area contributed by atoms with Gasteiger partial charge >= 0.3 is 0 Å². The smallest absolute Gasteiger partial charge is 0.289 e. The fraction of sp³-hybridized carbons (Fsp3) is 0.524. The molecule has 0 aliphatic carbocycles. The van der Waals surface area contributed by atoms with E-state index in [1.807, 2.05) is 17.0 Å². The van der Waals surface area contributed by atoms with Crippen molar-refractivity contribution in [3.05, 3.63) is 48.3 Å². The molecule has 8 nitrogen and oxygen atoms in total. The monoisotopic (exact) mass is 400 g/mol. The van der Waals surface area contributed by atoms with Gasteiger partial charge in [0.1, 0.15) is 5.76 Å². The van der Waals surface area contributed by atoms with Crippen molar-refractivity contribution in [2.75, 3.05) is 45.9 Å². The van der Waals surface area contributed by atoms with E-state index in [1.165, 1.54) is 6.26 Å². The molecule has 2 aromatic heterocycles. The number of aliphatic imine (C=N–C) groups is 1. The third-order valence-electron chi connectivity index (χ3n) is 5.30. The fourth-order valence-corrected chi connectivity index (χ4v) is 3.67.